The lowest BCUT2D eigenvalue weighted by Crippen LogP contribution is -2.34. The first-order valence-electron chi connectivity index (χ1n) is 9.02. The maximum Gasteiger partial charge on any atom is 0.356 e. The molecule has 3 aromatic rings. The van der Waals surface area contributed by atoms with Gasteiger partial charge in [0.25, 0.3) is 5.56 Å². The van der Waals surface area contributed by atoms with Crippen LogP contribution in [0.4, 0.5) is 0 Å². The summed E-state index contributed by atoms with van der Waals surface area (Å²) in [6.45, 7) is 3.14. The summed E-state index contributed by atoms with van der Waals surface area (Å²) in [6, 6.07) is 8.57. The van der Waals surface area contributed by atoms with Gasteiger partial charge in [0.1, 0.15) is 0 Å². The summed E-state index contributed by atoms with van der Waals surface area (Å²) >= 11 is 0. The molecule has 3 heterocycles. The summed E-state index contributed by atoms with van der Waals surface area (Å²) in [5.41, 5.74) is 0.892. The number of carbonyl (C=O) groups excluding carboxylic acids is 1. The number of aromatic amines is 1. The summed E-state index contributed by atoms with van der Waals surface area (Å²) < 4.78 is 1.65. The molecule has 144 valence electrons. The number of hydrogen-bond acceptors (Lipinski definition) is 5. The largest absolute Gasteiger partial charge is 0.476 e. The highest BCUT2D eigenvalue weighted by Crippen LogP contribution is 2.24. The average Bonchev–Trinajstić information content (AvgIpc) is 2.99. The smallest absolute Gasteiger partial charge is 0.356 e. The van der Waals surface area contributed by atoms with Gasteiger partial charge in [-0.2, -0.15) is 10.2 Å². The highest BCUT2D eigenvalue weighted by atomic mass is 16.4. The molecule has 0 saturated carbocycles. The van der Waals surface area contributed by atoms with Crippen LogP contribution in [0.15, 0.2) is 35.1 Å². The minimum atomic E-state index is -1.09. The molecule has 28 heavy (non-hydrogen) atoms. The van der Waals surface area contributed by atoms with Gasteiger partial charge in [0, 0.05) is 18.5 Å². The number of hydrogen-bond donors (Lipinski definition) is 2. The molecule has 0 saturated heterocycles. The van der Waals surface area contributed by atoms with Gasteiger partial charge in [-0.05, 0) is 25.5 Å². The fourth-order valence-corrected chi connectivity index (χ4v) is 3.61. The first kappa shape index (κ1) is 17.9. The predicted octanol–water partition coefficient (Wildman–Crippen LogP) is 1.35. The Bertz CT molecular complexity index is 1130. The number of aryl methyl sites for hydroxylation is 1. The number of carbonyl (C=O) groups is 2. The highest BCUT2D eigenvalue weighted by molar-refractivity contribution is 5.91. The SMILES string of the molecule is C[C@H](C(=O)N1CCCn2nc(C(=O)O)cc2C1)c1n[nH]c(=O)c2ccccc12. The monoisotopic (exact) mass is 381 g/mol. The number of nitrogens with one attached hydrogen (secondary N) is 1. The molecule has 0 unspecified atom stereocenters. The number of nitrogens with zero attached hydrogens (tertiary/aromatic N) is 4. The molecule has 0 bridgehead atoms. The molecule has 0 fully saturated rings. The molecule has 1 aliphatic heterocycles. The van der Waals surface area contributed by atoms with Crippen molar-refractivity contribution in [2.45, 2.75) is 32.4 Å². The lowest BCUT2D eigenvalue weighted by molar-refractivity contribution is -0.133. The molecular weight excluding hydrogens is 362 g/mol. The highest BCUT2D eigenvalue weighted by Gasteiger charge is 2.28. The summed E-state index contributed by atoms with van der Waals surface area (Å²) in [5, 5.41) is 21.0. The van der Waals surface area contributed by atoms with Gasteiger partial charge in [-0.15, -0.1) is 0 Å². The molecule has 1 amide bonds. The molecule has 0 spiro atoms. The van der Waals surface area contributed by atoms with Crippen molar-refractivity contribution in [3.63, 3.8) is 0 Å². The third-order valence-corrected chi connectivity index (χ3v) is 5.05. The quantitative estimate of drug-likeness (QED) is 0.706. The minimum Gasteiger partial charge on any atom is -0.476 e. The molecule has 1 aliphatic rings. The topological polar surface area (TPSA) is 121 Å². The van der Waals surface area contributed by atoms with Crippen LogP contribution in [0.1, 0.15) is 41.1 Å². The fraction of sp³-hybridized carbons (Fsp3) is 0.316. The van der Waals surface area contributed by atoms with Gasteiger partial charge >= 0.3 is 5.97 Å². The number of H-pyrrole nitrogens is 1. The lowest BCUT2D eigenvalue weighted by Gasteiger charge is -2.24. The fourth-order valence-electron chi connectivity index (χ4n) is 3.61. The van der Waals surface area contributed by atoms with Crippen molar-refractivity contribution in [2.24, 2.45) is 0 Å². The van der Waals surface area contributed by atoms with Crippen molar-refractivity contribution < 1.29 is 14.7 Å². The van der Waals surface area contributed by atoms with E-state index >= 15 is 0 Å². The number of carboxylic acids is 1. The molecule has 2 N–H and O–H groups in total. The van der Waals surface area contributed by atoms with Crippen LogP contribution in [-0.2, 0) is 17.9 Å². The molecule has 9 heteroatoms. The zero-order valence-corrected chi connectivity index (χ0v) is 15.3. The van der Waals surface area contributed by atoms with E-state index in [0.717, 1.165) is 0 Å². The summed E-state index contributed by atoms with van der Waals surface area (Å²) in [6.07, 6.45) is 0.673. The maximum atomic E-state index is 13.2. The van der Waals surface area contributed by atoms with Gasteiger partial charge in [-0.1, -0.05) is 18.2 Å². The van der Waals surface area contributed by atoms with Crippen molar-refractivity contribution in [1.82, 2.24) is 24.9 Å². The first-order chi connectivity index (χ1) is 13.5. The van der Waals surface area contributed by atoms with Crippen LogP contribution < -0.4 is 5.56 Å². The summed E-state index contributed by atoms with van der Waals surface area (Å²) in [5.74, 6) is -1.78. The molecule has 4 rings (SSSR count). The Labute approximate surface area is 159 Å². The van der Waals surface area contributed by atoms with Crippen LogP contribution in [0.3, 0.4) is 0 Å². The van der Waals surface area contributed by atoms with Crippen molar-refractivity contribution in [3.05, 3.63) is 57.8 Å². The third-order valence-electron chi connectivity index (χ3n) is 5.05. The van der Waals surface area contributed by atoms with Crippen molar-refractivity contribution in [2.75, 3.05) is 6.54 Å². The van der Waals surface area contributed by atoms with Gasteiger partial charge in [-0.25, -0.2) is 9.89 Å². The van der Waals surface area contributed by atoms with Crippen molar-refractivity contribution >= 4 is 22.6 Å². The summed E-state index contributed by atoms with van der Waals surface area (Å²) in [7, 11) is 0. The Balaban J connectivity index is 1.65. The number of aromatic carboxylic acids is 1. The van der Waals surface area contributed by atoms with E-state index in [9.17, 15) is 14.4 Å². The number of rotatable bonds is 3. The van der Waals surface area contributed by atoms with Crippen LogP contribution in [-0.4, -0.2) is 48.4 Å². The predicted molar refractivity (Wildman–Crippen MR) is 100.0 cm³/mol. The van der Waals surface area contributed by atoms with Gasteiger partial charge in [0.05, 0.1) is 29.2 Å². The third kappa shape index (κ3) is 3.04. The first-order valence-corrected chi connectivity index (χ1v) is 9.02. The zero-order chi connectivity index (χ0) is 19.8. The molecule has 2 aromatic heterocycles. The van der Waals surface area contributed by atoms with Gasteiger partial charge in [-0.3, -0.25) is 14.3 Å². The Morgan fingerprint density at radius 3 is 2.71 bits per heavy atom. The van der Waals surface area contributed by atoms with Crippen LogP contribution in [0.25, 0.3) is 10.8 Å². The number of aromatic nitrogens is 4. The standard InChI is InChI=1S/C19H19N5O4/c1-11(16-13-5-2-3-6-14(13)17(25)21-20-16)18(26)23-7-4-8-24-12(10-23)9-15(22-24)19(27)28/h2-3,5-6,9,11H,4,7-8,10H2,1H3,(H,21,25)(H,27,28)/t11-/m0/s1. The lowest BCUT2D eigenvalue weighted by atomic mass is 10.00. The van der Waals surface area contributed by atoms with E-state index in [4.69, 9.17) is 5.11 Å². The van der Waals surface area contributed by atoms with Crippen LogP contribution in [0.2, 0.25) is 0 Å². The van der Waals surface area contributed by atoms with Gasteiger partial charge < -0.3 is 10.0 Å². The molecule has 0 radical (unpaired) electrons. The van der Waals surface area contributed by atoms with E-state index in [0.29, 0.717) is 41.7 Å². The van der Waals surface area contributed by atoms with E-state index in [2.05, 4.69) is 15.3 Å². The minimum absolute atomic E-state index is 0.0226. The van der Waals surface area contributed by atoms with Gasteiger partial charge in [0.2, 0.25) is 5.91 Å². The van der Waals surface area contributed by atoms with E-state index in [1.54, 1.807) is 34.7 Å². The Morgan fingerprint density at radius 2 is 1.96 bits per heavy atom. The van der Waals surface area contributed by atoms with E-state index in [1.165, 1.54) is 6.07 Å². The molecule has 1 aromatic carbocycles. The van der Waals surface area contributed by atoms with Crippen LogP contribution >= 0.6 is 0 Å². The second-order valence-corrected chi connectivity index (χ2v) is 6.87. The number of carboxylic acid groups (broad SMARTS) is 1. The maximum absolute atomic E-state index is 13.2. The molecule has 1 atom stereocenters. The molecule has 0 aliphatic carbocycles. The number of amides is 1. The number of fused-ring (bicyclic) bond motifs is 2. The summed E-state index contributed by atoms with van der Waals surface area (Å²) in [4.78, 5) is 38.0. The van der Waals surface area contributed by atoms with E-state index in [-0.39, 0.29) is 23.7 Å². The van der Waals surface area contributed by atoms with Crippen molar-refractivity contribution in [1.29, 1.82) is 0 Å². The molecular formula is C19H19N5O4. The average molecular weight is 381 g/mol. The van der Waals surface area contributed by atoms with Crippen LogP contribution in [0, 0.1) is 0 Å². The van der Waals surface area contributed by atoms with E-state index < -0.39 is 11.9 Å². The number of benzene rings is 1. The van der Waals surface area contributed by atoms with Gasteiger partial charge in [0.15, 0.2) is 5.69 Å². The second-order valence-electron chi connectivity index (χ2n) is 6.87. The Hall–Kier alpha value is -3.49. The Kier molecular flexibility index (Phi) is 4.42. The van der Waals surface area contributed by atoms with Crippen LogP contribution in [0.5, 0.6) is 0 Å². The van der Waals surface area contributed by atoms with Crippen molar-refractivity contribution in [3.8, 4) is 0 Å². The Morgan fingerprint density at radius 1 is 1.21 bits per heavy atom. The normalized spacial score (nSPS) is 15.1. The zero-order valence-electron chi connectivity index (χ0n) is 15.3. The molecule has 9 nitrogen and oxygen atoms in total. The second kappa shape index (κ2) is 6.91. The van der Waals surface area contributed by atoms with E-state index in [1.807, 2.05) is 6.07 Å².